The van der Waals surface area contributed by atoms with E-state index in [2.05, 4.69) is 6.07 Å². The second-order valence-electron chi connectivity index (χ2n) is 6.31. The number of carbonyl (C=O) groups excluding carboxylic acids is 1. The number of fused-ring (bicyclic) bond motifs is 1. The Labute approximate surface area is 143 Å². The van der Waals surface area contributed by atoms with E-state index in [1.54, 1.807) is 24.3 Å². The minimum atomic E-state index is -3.12. The van der Waals surface area contributed by atoms with Crippen LogP contribution in [0.4, 0.5) is 5.69 Å². The monoisotopic (exact) mass is 343 g/mol. The molecule has 4 nitrogen and oxygen atoms in total. The number of hydrogen-bond acceptors (Lipinski definition) is 3. The van der Waals surface area contributed by atoms with Crippen LogP contribution in [0, 0.1) is 0 Å². The van der Waals surface area contributed by atoms with Crippen molar-refractivity contribution in [3.63, 3.8) is 0 Å². The van der Waals surface area contributed by atoms with Gasteiger partial charge in [-0.1, -0.05) is 30.3 Å². The third kappa shape index (κ3) is 3.85. The highest BCUT2D eigenvalue weighted by molar-refractivity contribution is 7.89. The molecule has 1 amide bonds. The predicted molar refractivity (Wildman–Crippen MR) is 96.0 cm³/mol. The Morgan fingerprint density at radius 2 is 1.88 bits per heavy atom. The molecule has 126 valence electrons. The Morgan fingerprint density at radius 1 is 1.08 bits per heavy atom. The van der Waals surface area contributed by atoms with Crippen LogP contribution < -0.4 is 4.90 Å². The lowest BCUT2D eigenvalue weighted by Crippen LogP contribution is -2.31. The minimum Gasteiger partial charge on any atom is -0.308 e. The van der Waals surface area contributed by atoms with Gasteiger partial charge in [-0.25, -0.2) is 8.42 Å². The van der Waals surface area contributed by atoms with Crippen LogP contribution in [-0.4, -0.2) is 27.1 Å². The van der Waals surface area contributed by atoms with Gasteiger partial charge in [-0.2, -0.15) is 0 Å². The molecule has 0 spiro atoms. The van der Waals surface area contributed by atoms with E-state index < -0.39 is 9.84 Å². The van der Waals surface area contributed by atoms with Gasteiger partial charge in [0, 0.05) is 24.1 Å². The average Bonchev–Trinajstić information content (AvgIpc) is 2.75. The SMILES string of the molecule is CS(=O)(=O)Cc1cccc(C(=O)N2CCCCc3ccccc32)c1. The molecule has 0 fully saturated rings. The molecule has 5 heteroatoms. The number of carbonyl (C=O) groups is 1. The molecule has 0 bridgehead atoms. The Bertz CT molecular complexity index is 858. The number of para-hydroxylation sites is 1. The molecule has 1 aliphatic rings. The molecule has 0 atom stereocenters. The van der Waals surface area contributed by atoms with Gasteiger partial charge in [0.05, 0.1) is 5.75 Å². The van der Waals surface area contributed by atoms with Gasteiger partial charge in [0.2, 0.25) is 0 Å². The fourth-order valence-corrected chi connectivity index (χ4v) is 3.94. The lowest BCUT2D eigenvalue weighted by Gasteiger charge is -2.23. The number of anilines is 1. The Morgan fingerprint density at radius 3 is 2.67 bits per heavy atom. The first-order valence-corrected chi connectivity index (χ1v) is 10.2. The molecule has 2 aromatic rings. The average molecular weight is 343 g/mol. The van der Waals surface area contributed by atoms with Gasteiger partial charge in [-0.15, -0.1) is 0 Å². The molecule has 0 saturated heterocycles. The lowest BCUT2D eigenvalue weighted by molar-refractivity contribution is 0.0987. The summed E-state index contributed by atoms with van der Waals surface area (Å²) in [4.78, 5) is 14.8. The van der Waals surface area contributed by atoms with Gasteiger partial charge in [0.1, 0.15) is 0 Å². The highest BCUT2D eigenvalue weighted by atomic mass is 32.2. The molecule has 0 radical (unpaired) electrons. The number of aryl methyl sites for hydroxylation is 1. The fraction of sp³-hybridized carbons (Fsp3) is 0.316. The van der Waals surface area contributed by atoms with E-state index in [1.807, 2.05) is 23.1 Å². The molecular formula is C19H21NO3S. The topological polar surface area (TPSA) is 54.5 Å². The quantitative estimate of drug-likeness (QED) is 0.860. The zero-order chi connectivity index (χ0) is 17.2. The van der Waals surface area contributed by atoms with E-state index in [-0.39, 0.29) is 11.7 Å². The molecule has 3 rings (SSSR count). The van der Waals surface area contributed by atoms with Crippen molar-refractivity contribution >= 4 is 21.4 Å². The van der Waals surface area contributed by atoms with Gasteiger partial charge in [0.25, 0.3) is 5.91 Å². The number of benzene rings is 2. The van der Waals surface area contributed by atoms with Crippen LogP contribution in [0.15, 0.2) is 48.5 Å². The molecule has 0 saturated carbocycles. The van der Waals surface area contributed by atoms with Crippen LogP contribution in [0.1, 0.15) is 34.3 Å². The van der Waals surface area contributed by atoms with Crippen molar-refractivity contribution in [2.24, 2.45) is 0 Å². The summed E-state index contributed by atoms with van der Waals surface area (Å²) < 4.78 is 23.0. The molecule has 0 aliphatic carbocycles. The van der Waals surface area contributed by atoms with Crippen LogP contribution >= 0.6 is 0 Å². The normalized spacial score (nSPS) is 14.8. The van der Waals surface area contributed by atoms with E-state index in [0.29, 0.717) is 17.7 Å². The van der Waals surface area contributed by atoms with Crippen molar-refractivity contribution in [1.29, 1.82) is 0 Å². The van der Waals surface area contributed by atoms with Crippen molar-refractivity contribution in [1.82, 2.24) is 0 Å². The predicted octanol–water partition coefficient (Wildman–Crippen LogP) is 3.21. The van der Waals surface area contributed by atoms with E-state index in [9.17, 15) is 13.2 Å². The third-order valence-corrected chi connectivity index (χ3v) is 5.07. The number of sulfone groups is 1. The standard InChI is InChI=1S/C19H21NO3S/c1-24(22,23)14-15-7-6-10-17(13-15)19(21)20-12-5-4-9-16-8-2-3-11-18(16)20/h2-3,6-8,10-11,13H,4-5,9,12,14H2,1H3. The maximum atomic E-state index is 13.0. The minimum absolute atomic E-state index is 0.0509. The van der Waals surface area contributed by atoms with Crippen LogP contribution in [0.5, 0.6) is 0 Å². The van der Waals surface area contributed by atoms with Gasteiger partial charge in [-0.3, -0.25) is 4.79 Å². The van der Waals surface area contributed by atoms with Crippen LogP contribution in [0.3, 0.4) is 0 Å². The van der Waals surface area contributed by atoms with E-state index >= 15 is 0 Å². The molecule has 0 N–H and O–H groups in total. The third-order valence-electron chi connectivity index (χ3n) is 4.21. The zero-order valence-corrected chi connectivity index (χ0v) is 14.6. The molecule has 0 unspecified atom stereocenters. The second-order valence-corrected chi connectivity index (χ2v) is 8.45. The smallest absolute Gasteiger partial charge is 0.258 e. The second kappa shape index (κ2) is 6.77. The number of hydrogen-bond donors (Lipinski definition) is 0. The maximum Gasteiger partial charge on any atom is 0.258 e. The summed E-state index contributed by atoms with van der Waals surface area (Å²) in [6.07, 6.45) is 4.21. The molecular weight excluding hydrogens is 322 g/mol. The van der Waals surface area contributed by atoms with E-state index in [0.717, 1.165) is 24.9 Å². The lowest BCUT2D eigenvalue weighted by atomic mass is 10.1. The molecule has 24 heavy (non-hydrogen) atoms. The molecule has 0 aromatic heterocycles. The first-order valence-electron chi connectivity index (χ1n) is 8.10. The summed E-state index contributed by atoms with van der Waals surface area (Å²) in [5.41, 5.74) is 3.34. The number of rotatable bonds is 3. The summed E-state index contributed by atoms with van der Waals surface area (Å²) in [6.45, 7) is 0.687. The summed E-state index contributed by atoms with van der Waals surface area (Å²) in [7, 11) is -3.12. The van der Waals surface area contributed by atoms with Crippen LogP contribution in [0.2, 0.25) is 0 Å². The Balaban J connectivity index is 1.93. The largest absolute Gasteiger partial charge is 0.308 e. The van der Waals surface area contributed by atoms with Crippen LogP contribution in [-0.2, 0) is 22.0 Å². The Hall–Kier alpha value is -2.14. The molecule has 2 aromatic carbocycles. The molecule has 1 aliphatic heterocycles. The van der Waals surface area contributed by atoms with Gasteiger partial charge >= 0.3 is 0 Å². The zero-order valence-electron chi connectivity index (χ0n) is 13.7. The van der Waals surface area contributed by atoms with Crippen molar-refractivity contribution in [2.75, 3.05) is 17.7 Å². The summed E-state index contributed by atoms with van der Waals surface area (Å²) in [6, 6.07) is 14.9. The highest BCUT2D eigenvalue weighted by Crippen LogP contribution is 2.27. The summed E-state index contributed by atoms with van der Waals surface area (Å²) in [5, 5.41) is 0. The Kier molecular flexibility index (Phi) is 4.71. The van der Waals surface area contributed by atoms with E-state index in [1.165, 1.54) is 11.8 Å². The number of nitrogens with zero attached hydrogens (tertiary/aromatic N) is 1. The highest BCUT2D eigenvalue weighted by Gasteiger charge is 2.22. The molecule has 1 heterocycles. The van der Waals surface area contributed by atoms with Gasteiger partial charge in [0.15, 0.2) is 9.84 Å². The van der Waals surface area contributed by atoms with Crippen molar-refractivity contribution in [3.05, 3.63) is 65.2 Å². The van der Waals surface area contributed by atoms with Crippen molar-refractivity contribution in [2.45, 2.75) is 25.0 Å². The van der Waals surface area contributed by atoms with E-state index in [4.69, 9.17) is 0 Å². The first-order chi connectivity index (χ1) is 11.4. The van der Waals surface area contributed by atoms with Gasteiger partial charge < -0.3 is 4.90 Å². The maximum absolute atomic E-state index is 13.0. The van der Waals surface area contributed by atoms with Gasteiger partial charge in [-0.05, 0) is 48.6 Å². The van der Waals surface area contributed by atoms with Crippen molar-refractivity contribution < 1.29 is 13.2 Å². The number of amides is 1. The van der Waals surface area contributed by atoms with Crippen molar-refractivity contribution in [3.8, 4) is 0 Å². The fourth-order valence-electron chi connectivity index (χ4n) is 3.16. The summed E-state index contributed by atoms with van der Waals surface area (Å²) in [5.74, 6) is -0.121. The van der Waals surface area contributed by atoms with Crippen LogP contribution in [0.25, 0.3) is 0 Å². The summed E-state index contributed by atoms with van der Waals surface area (Å²) >= 11 is 0. The first kappa shape index (κ1) is 16.7.